The number of carboxylic acids is 1. The third kappa shape index (κ3) is 20.7. The number of carbonyl (C=O) groups is 2. The first kappa shape index (κ1) is 19.6. The minimum atomic E-state index is -1.73. The fourth-order valence-corrected chi connectivity index (χ4v) is 1.94. The molecule has 0 atom stereocenters. The molecular formula is C10H24O6Si2. The monoisotopic (exact) mass is 296 g/mol. The van der Waals surface area contributed by atoms with Gasteiger partial charge in [0.2, 0.25) is 8.32 Å². The van der Waals surface area contributed by atoms with E-state index in [4.69, 9.17) is 23.9 Å². The van der Waals surface area contributed by atoms with E-state index in [2.05, 4.69) is 19.6 Å². The summed E-state index contributed by atoms with van der Waals surface area (Å²) in [6.45, 7) is 11.4. The van der Waals surface area contributed by atoms with Crippen molar-refractivity contribution in [1.82, 2.24) is 0 Å². The van der Waals surface area contributed by atoms with Crippen molar-refractivity contribution in [2.75, 3.05) is 13.2 Å². The number of aliphatic hydroxyl groups excluding tert-OH is 1. The average Bonchev–Trinajstić information content (AvgIpc) is 2.12. The zero-order chi connectivity index (χ0) is 15.0. The van der Waals surface area contributed by atoms with E-state index in [0.29, 0.717) is 0 Å². The summed E-state index contributed by atoms with van der Waals surface area (Å²) in [7, 11) is -3.31. The smallest absolute Gasteiger partial charge is 0.329 e. The molecule has 18 heavy (non-hydrogen) atoms. The summed E-state index contributed by atoms with van der Waals surface area (Å²) >= 11 is 0. The third-order valence-electron chi connectivity index (χ3n) is 1.18. The standard InChI is InChI=1S/C8H20O3Si2.C2H4O3/c1-12(2,3)10-7-8(9)11-13(4,5)6;3-1-2(4)5/h7H2,1-6H3;3H,1H2,(H,4,5). The molecule has 0 aromatic heterocycles. The van der Waals surface area contributed by atoms with Crippen LogP contribution >= 0.6 is 0 Å². The Morgan fingerprint density at radius 3 is 1.61 bits per heavy atom. The average molecular weight is 296 g/mol. The number of aliphatic carboxylic acids is 1. The Morgan fingerprint density at radius 2 is 1.39 bits per heavy atom. The van der Waals surface area contributed by atoms with Crippen LogP contribution in [0.2, 0.25) is 39.3 Å². The van der Waals surface area contributed by atoms with E-state index in [9.17, 15) is 4.79 Å². The molecule has 0 heterocycles. The van der Waals surface area contributed by atoms with E-state index in [1.54, 1.807) is 0 Å². The van der Waals surface area contributed by atoms with Gasteiger partial charge in [-0.1, -0.05) is 0 Å². The first-order valence-corrected chi connectivity index (χ1v) is 12.4. The van der Waals surface area contributed by atoms with Crippen molar-refractivity contribution in [2.45, 2.75) is 39.3 Å². The highest BCUT2D eigenvalue weighted by Crippen LogP contribution is 2.06. The lowest BCUT2D eigenvalue weighted by atomic mass is 10.8. The van der Waals surface area contributed by atoms with Crippen molar-refractivity contribution in [3.05, 3.63) is 0 Å². The van der Waals surface area contributed by atoms with Crippen molar-refractivity contribution in [3.63, 3.8) is 0 Å². The van der Waals surface area contributed by atoms with Crippen LogP contribution in [0.25, 0.3) is 0 Å². The maximum atomic E-state index is 11.2. The predicted molar refractivity (Wildman–Crippen MR) is 73.5 cm³/mol. The second kappa shape index (κ2) is 8.41. The molecule has 0 unspecified atom stereocenters. The van der Waals surface area contributed by atoms with E-state index in [-0.39, 0.29) is 12.6 Å². The van der Waals surface area contributed by atoms with Gasteiger partial charge < -0.3 is 19.1 Å². The second-order valence-corrected chi connectivity index (χ2v) is 14.5. The Morgan fingerprint density at radius 1 is 1.00 bits per heavy atom. The SMILES string of the molecule is C[Si](C)(C)OCC(=O)O[Si](C)(C)C.O=C(O)CO. The van der Waals surface area contributed by atoms with Crippen LogP contribution in [-0.2, 0) is 18.4 Å². The first-order chi connectivity index (χ1) is 7.87. The van der Waals surface area contributed by atoms with E-state index >= 15 is 0 Å². The van der Waals surface area contributed by atoms with Gasteiger partial charge in [-0.15, -0.1) is 0 Å². The van der Waals surface area contributed by atoms with Crippen molar-refractivity contribution in [1.29, 1.82) is 0 Å². The molecule has 0 aliphatic heterocycles. The summed E-state index contributed by atoms with van der Waals surface area (Å²) in [6, 6.07) is 0. The fraction of sp³-hybridized carbons (Fsp3) is 0.800. The molecule has 0 saturated carbocycles. The molecular weight excluding hydrogens is 272 g/mol. The summed E-state index contributed by atoms with van der Waals surface area (Å²) in [5.41, 5.74) is 0. The quantitative estimate of drug-likeness (QED) is 0.742. The number of hydrogen-bond donors (Lipinski definition) is 2. The lowest BCUT2D eigenvalue weighted by molar-refractivity contribution is -0.140. The van der Waals surface area contributed by atoms with E-state index < -0.39 is 29.2 Å². The van der Waals surface area contributed by atoms with Crippen LogP contribution in [0.3, 0.4) is 0 Å². The summed E-state index contributed by atoms with van der Waals surface area (Å²) in [4.78, 5) is 20.3. The molecule has 0 rings (SSSR count). The van der Waals surface area contributed by atoms with E-state index in [0.717, 1.165) is 0 Å². The molecule has 8 heteroatoms. The first-order valence-electron chi connectivity index (χ1n) is 5.56. The van der Waals surface area contributed by atoms with Gasteiger partial charge in [0, 0.05) is 0 Å². The van der Waals surface area contributed by atoms with Gasteiger partial charge in [0.05, 0.1) is 0 Å². The van der Waals surface area contributed by atoms with Crippen LogP contribution in [0.1, 0.15) is 0 Å². The van der Waals surface area contributed by atoms with Crippen molar-refractivity contribution >= 4 is 28.6 Å². The highest BCUT2D eigenvalue weighted by molar-refractivity contribution is 6.71. The van der Waals surface area contributed by atoms with Gasteiger partial charge in [-0.05, 0) is 39.3 Å². The van der Waals surface area contributed by atoms with E-state index in [1.807, 2.05) is 19.6 Å². The van der Waals surface area contributed by atoms with Gasteiger partial charge >= 0.3 is 11.9 Å². The van der Waals surface area contributed by atoms with Gasteiger partial charge in [0.15, 0.2) is 8.32 Å². The Kier molecular flexibility index (Phi) is 9.17. The molecule has 0 aliphatic carbocycles. The molecule has 6 nitrogen and oxygen atoms in total. The Balaban J connectivity index is 0. The summed E-state index contributed by atoms with van der Waals surface area (Å²) in [5, 5.41) is 15.0. The van der Waals surface area contributed by atoms with Crippen LogP contribution in [0.15, 0.2) is 0 Å². The van der Waals surface area contributed by atoms with Crippen LogP contribution in [0, 0.1) is 0 Å². The number of aliphatic hydroxyl groups is 1. The summed E-state index contributed by atoms with van der Waals surface area (Å²) in [6.07, 6.45) is 0. The predicted octanol–water partition coefficient (Wildman–Crippen LogP) is 1.28. The zero-order valence-electron chi connectivity index (χ0n) is 11.9. The second-order valence-electron chi connectivity index (χ2n) is 5.54. The molecule has 0 fully saturated rings. The molecule has 0 aromatic carbocycles. The molecule has 2 N–H and O–H groups in total. The molecule has 0 saturated heterocycles. The molecule has 0 spiro atoms. The summed E-state index contributed by atoms with van der Waals surface area (Å²) in [5.74, 6) is -1.41. The highest BCUT2D eigenvalue weighted by atomic mass is 28.4. The molecule has 108 valence electrons. The third-order valence-corrected chi connectivity index (χ3v) is 3.03. The van der Waals surface area contributed by atoms with Crippen LogP contribution < -0.4 is 0 Å². The van der Waals surface area contributed by atoms with Crippen molar-refractivity contribution in [3.8, 4) is 0 Å². The van der Waals surface area contributed by atoms with E-state index in [1.165, 1.54) is 0 Å². The molecule has 0 aromatic rings. The van der Waals surface area contributed by atoms with Crippen molar-refractivity contribution < 1.29 is 28.7 Å². The number of hydrogen-bond acceptors (Lipinski definition) is 5. The van der Waals surface area contributed by atoms with Crippen molar-refractivity contribution in [2.24, 2.45) is 0 Å². The highest BCUT2D eigenvalue weighted by Gasteiger charge is 2.22. The molecule has 0 amide bonds. The van der Waals surface area contributed by atoms with Gasteiger partial charge in [-0.25, -0.2) is 4.79 Å². The Hall–Kier alpha value is -0.706. The molecule has 0 aliphatic rings. The van der Waals surface area contributed by atoms with Gasteiger partial charge in [0.1, 0.15) is 13.2 Å². The minimum absolute atomic E-state index is 0.111. The fourth-order valence-electron chi connectivity index (χ4n) is 0.646. The number of rotatable bonds is 5. The molecule has 0 bridgehead atoms. The van der Waals surface area contributed by atoms with Crippen LogP contribution in [-0.4, -0.2) is 52.0 Å². The van der Waals surface area contributed by atoms with Crippen LogP contribution in [0.5, 0.6) is 0 Å². The maximum Gasteiger partial charge on any atom is 0.329 e. The Labute approximate surface area is 110 Å². The van der Waals surface area contributed by atoms with Gasteiger partial charge in [0.25, 0.3) is 0 Å². The minimum Gasteiger partial charge on any atom is -0.518 e. The lowest BCUT2D eigenvalue weighted by Gasteiger charge is -2.20. The Bertz CT molecular complexity index is 267. The lowest BCUT2D eigenvalue weighted by Crippen LogP contribution is -2.35. The van der Waals surface area contributed by atoms with Crippen LogP contribution in [0.4, 0.5) is 0 Å². The topological polar surface area (TPSA) is 93.1 Å². The normalized spacial score (nSPS) is 11.3. The van der Waals surface area contributed by atoms with Gasteiger partial charge in [-0.3, -0.25) is 4.79 Å². The zero-order valence-corrected chi connectivity index (χ0v) is 13.9. The maximum absolute atomic E-state index is 11.2. The van der Waals surface area contributed by atoms with Gasteiger partial charge in [-0.2, -0.15) is 0 Å². The number of carboxylic acid groups (broad SMARTS) is 1. The molecule has 0 radical (unpaired) electrons. The summed E-state index contributed by atoms with van der Waals surface area (Å²) < 4.78 is 10.7. The number of carbonyl (C=O) groups excluding carboxylic acids is 1. The largest absolute Gasteiger partial charge is 0.518 e.